The molecule has 1 aliphatic heterocycles. The molecule has 0 aliphatic carbocycles. The zero-order valence-corrected chi connectivity index (χ0v) is 8.60. The Morgan fingerprint density at radius 1 is 1.62 bits per heavy atom. The molecule has 0 N–H and O–H groups in total. The molecular formula is C9H12N2OS. The first-order chi connectivity index (χ1) is 6.16. The average molecular weight is 196 g/mol. The van der Waals surface area contributed by atoms with Gasteiger partial charge in [-0.1, -0.05) is 0 Å². The molecule has 0 saturated carbocycles. The van der Waals surface area contributed by atoms with E-state index < -0.39 is 0 Å². The Morgan fingerprint density at radius 2 is 2.31 bits per heavy atom. The number of amides is 1. The normalized spacial score (nSPS) is 17.2. The minimum absolute atomic E-state index is 0.00569. The average Bonchev–Trinajstić information content (AvgIpc) is 2.67. The Labute approximate surface area is 82.2 Å². The predicted octanol–water partition coefficient (Wildman–Crippen LogP) is 1.98. The molecule has 3 nitrogen and oxygen atoms in total. The smallest absolute Gasteiger partial charge is 0.256 e. The van der Waals surface area contributed by atoms with Crippen molar-refractivity contribution in [1.29, 1.82) is 0 Å². The Kier molecular flexibility index (Phi) is 3.31. The zero-order valence-electron chi connectivity index (χ0n) is 7.78. The van der Waals surface area contributed by atoms with Crippen molar-refractivity contribution in [1.82, 2.24) is 4.90 Å². The topological polar surface area (TPSA) is 32.7 Å². The first-order valence-electron chi connectivity index (χ1n) is 3.90. The highest BCUT2D eigenvalue weighted by Crippen LogP contribution is 2.18. The number of thioether (sulfide) groups is 1. The van der Waals surface area contributed by atoms with E-state index in [-0.39, 0.29) is 5.91 Å². The summed E-state index contributed by atoms with van der Waals surface area (Å²) in [4.78, 5) is 17.1. The highest BCUT2D eigenvalue weighted by molar-refractivity contribution is 8.02. The van der Waals surface area contributed by atoms with Crippen LogP contribution in [0.5, 0.6) is 0 Å². The second-order valence-electron chi connectivity index (χ2n) is 2.72. The molecule has 0 aromatic rings. The number of carbonyl (C=O) groups excluding carboxylic acids is 1. The van der Waals surface area contributed by atoms with E-state index in [1.807, 2.05) is 5.41 Å². The third kappa shape index (κ3) is 2.21. The summed E-state index contributed by atoms with van der Waals surface area (Å²) in [5.41, 5.74) is 1.34. The van der Waals surface area contributed by atoms with Gasteiger partial charge in [0.15, 0.2) is 0 Å². The second kappa shape index (κ2) is 4.28. The van der Waals surface area contributed by atoms with E-state index in [4.69, 9.17) is 0 Å². The molecule has 0 fully saturated rings. The van der Waals surface area contributed by atoms with Gasteiger partial charge in [-0.2, -0.15) is 0 Å². The van der Waals surface area contributed by atoms with Gasteiger partial charge in [0.1, 0.15) is 0 Å². The highest BCUT2D eigenvalue weighted by atomic mass is 32.2. The maximum atomic E-state index is 11.7. The van der Waals surface area contributed by atoms with Gasteiger partial charge in [0.25, 0.3) is 5.91 Å². The number of carbonyl (C=O) groups is 1. The van der Waals surface area contributed by atoms with E-state index in [2.05, 4.69) is 11.7 Å². The van der Waals surface area contributed by atoms with Gasteiger partial charge in [-0.25, -0.2) is 0 Å². The van der Waals surface area contributed by atoms with Crippen molar-refractivity contribution in [2.24, 2.45) is 4.99 Å². The fourth-order valence-corrected chi connectivity index (χ4v) is 1.58. The lowest BCUT2D eigenvalue weighted by Crippen LogP contribution is -2.24. The third-order valence-electron chi connectivity index (χ3n) is 1.91. The molecule has 0 saturated heterocycles. The van der Waals surface area contributed by atoms with E-state index in [1.54, 1.807) is 36.7 Å². The van der Waals surface area contributed by atoms with Crippen LogP contribution < -0.4 is 0 Å². The molecule has 0 aromatic heterocycles. The van der Waals surface area contributed by atoms with Crippen molar-refractivity contribution >= 4 is 24.4 Å². The number of rotatable bonds is 2. The molecular weight excluding hydrogens is 184 g/mol. The van der Waals surface area contributed by atoms with Gasteiger partial charge in [0.05, 0.1) is 5.88 Å². The number of hydrogen-bond donors (Lipinski definition) is 0. The van der Waals surface area contributed by atoms with Crippen LogP contribution in [0.25, 0.3) is 0 Å². The van der Waals surface area contributed by atoms with Crippen LogP contribution in [-0.4, -0.2) is 23.4 Å². The molecule has 70 valence electrons. The van der Waals surface area contributed by atoms with Gasteiger partial charge in [-0.05, 0) is 26.0 Å². The lowest BCUT2D eigenvalue weighted by atomic mass is 10.2. The molecule has 1 aliphatic rings. The SMILES string of the molecule is C=N/C(C)=C(/C)C(=O)N1C=CSC1. The molecule has 0 bridgehead atoms. The second-order valence-corrected chi connectivity index (χ2v) is 3.59. The molecule has 0 radical (unpaired) electrons. The van der Waals surface area contributed by atoms with E-state index >= 15 is 0 Å². The fraction of sp³-hybridized carbons (Fsp3) is 0.333. The predicted molar refractivity (Wildman–Crippen MR) is 56.4 cm³/mol. The van der Waals surface area contributed by atoms with Gasteiger partial charge in [0, 0.05) is 17.5 Å². The minimum atomic E-state index is 0.00569. The summed E-state index contributed by atoms with van der Waals surface area (Å²) in [6, 6.07) is 0. The van der Waals surface area contributed by atoms with Gasteiger partial charge in [0.2, 0.25) is 0 Å². The van der Waals surface area contributed by atoms with Crippen LogP contribution in [0.1, 0.15) is 13.8 Å². The number of aliphatic imine (C=N–C) groups is 1. The van der Waals surface area contributed by atoms with Gasteiger partial charge in [-0.15, -0.1) is 11.8 Å². The lowest BCUT2D eigenvalue weighted by molar-refractivity contribution is -0.123. The minimum Gasteiger partial charge on any atom is -0.305 e. The highest BCUT2D eigenvalue weighted by Gasteiger charge is 2.16. The van der Waals surface area contributed by atoms with Crippen LogP contribution in [0.4, 0.5) is 0 Å². The molecule has 4 heteroatoms. The van der Waals surface area contributed by atoms with E-state index in [1.165, 1.54) is 0 Å². The molecule has 1 heterocycles. The van der Waals surface area contributed by atoms with Crippen LogP contribution in [0.2, 0.25) is 0 Å². The monoisotopic (exact) mass is 196 g/mol. The summed E-state index contributed by atoms with van der Waals surface area (Å²) in [6.45, 7) is 6.94. The van der Waals surface area contributed by atoms with Crippen molar-refractivity contribution < 1.29 is 4.79 Å². The summed E-state index contributed by atoms with van der Waals surface area (Å²) in [7, 11) is 0. The van der Waals surface area contributed by atoms with Crippen molar-refractivity contribution in [2.75, 3.05) is 5.88 Å². The molecule has 0 aromatic carbocycles. The Bertz CT molecular complexity index is 294. The summed E-state index contributed by atoms with van der Waals surface area (Å²) < 4.78 is 0. The summed E-state index contributed by atoms with van der Waals surface area (Å²) in [5, 5.41) is 1.90. The molecule has 0 unspecified atom stereocenters. The summed E-state index contributed by atoms with van der Waals surface area (Å²) in [6.07, 6.45) is 1.78. The Morgan fingerprint density at radius 3 is 2.77 bits per heavy atom. The first kappa shape index (κ1) is 10.1. The number of hydrogen-bond acceptors (Lipinski definition) is 3. The van der Waals surface area contributed by atoms with Crippen LogP contribution in [0.3, 0.4) is 0 Å². The lowest BCUT2D eigenvalue weighted by Gasteiger charge is -2.13. The summed E-state index contributed by atoms with van der Waals surface area (Å²) >= 11 is 1.60. The molecule has 1 amide bonds. The molecule has 0 atom stereocenters. The standard InChI is InChI=1S/C9H12N2OS/c1-7(8(2)10-3)9(12)11-4-5-13-6-11/h4-5H,3,6H2,1-2H3/b8-7-. The first-order valence-corrected chi connectivity index (χ1v) is 4.95. The third-order valence-corrected chi connectivity index (χ3v) is 2.65. The van der Waals surface area contributed by atoms with Gasteiger partial charge < -0.3 is 4.90 Å². The van der Waals surface area contributed by atoms with Crippen LogP contribution in [0, 0.1) is 0 Å². The van der Waals surface area contributed by atoms with Gasteiger partial charge in [-0.3, -0.25) is 9.79 Å². The van der Waals surface area contributed by atoms with Gasteiger partial charge >= 0.3 is 0 Å². The maximum absolute atomic E-state index is 11.7. The van der Waals surface area contributed by atoms with E-state index in [9.17, 15) is 4.79 Å². The Hall–Kier alpha value is -1.03. The molecule has 0 spiro atoms. The fourth-order valence-electron chi connectivity index (χ4n) is 0.898. The largest absolute Gasteiger partial charge is 0.305 e. The molecule has 1 rings (SSSR count). The van der Waals surface area contributed by atoms with Crippen LogP contribution in [0.15, 0.2) is 27.9 Å². The van der Waals surface area contributed by atoms with Crippen molar-refractivity contribution in [3.05, 3.63) is 22.9 Å². The quantitative estimate of drug-likeness (QED) is 0.500. The van der Waals surface area contributed by atoms with Crippen molar-refractivity contribution in [3.8, 4) is 0 Å². The van der Waals surface area contributed by atoms with Crippen LogP contribution >= 0.6 is 11.8 Å². The Balaban J connectivity index is 2.77. The summed E-state index contributed by atoms with van der Waals surface area (Å²) in [5.74, 6) is 0.701. The van der Waals surface area contributed by atoms with E-state index in [0.717, 1.165) is 0 Å². The number of allylic oxidation sites excluding steroid dienone is 1. The maximum Gasteiger partial charge on any atom is 0.256 e. The zero-order chi connectivity index (χ0) is 9.84. The molecule has 13 heavy (non-hydrogen) atoms. The number of nitrogens with zero attached hydrogens (tertiary/aromatic N) is 2. The van der Waals surface area contributed by atoms with Crippen molar-refractivity contribution in [2.45, 2.75) is 13.8 Å². The van der Waals surface area contributed by atoms with Crippen LogP contribution in [-0.2, 0) is 4.79 Å². The van der Waals surface area contributed by atoms with Crippen molar-refractivity contribution in [3.63, 3.8) is 0 Å². The van der Waals surface area contributed by atoms with E-state index in [0.29, 0.717) is 17.1 Å².